The first-order valence-corrected chi connectivity index (χ1v) is 20.0. The fourth-order valence-corrected chi connectivity index (χ4v) is 8.92. The summed E-state index contributed by atoms with van der Waals surface area (Å²) >= 11 is 0. The molecule has 2 saturated heterocycles. The van der Waals surface area contributed by atoms with Crippen molar-refractivity contribution in [2.75, 3.05) is 34.2 Å². The number of imidazole rings is 2. The van der Waals surface area contributed by atoms with Gasteiger partial charge in [0.25, 0.3) is 0 Å². The highest BCUT2D eigenvalue weighted by Crippen LogP contribution is 2.37. The van der Waals surface area contributed by atoms with Crippen molar-refractivity contribution in [3.05, 3.63) is 144 Å². The molecule has 2 aliphatic heterocycles. The highest BCUT2D eigenvalue weighted by Gasteiger charge is 2.38. The number of aromatic nitrogens is 4. The molecule has 288 valence electrons. The van der Waals surface area contributed by atoms with Gasteiger partial charge in [0.2, 0.25) is 11.8 Å². The smallest absolute Gasteiger partial charge is 0.245 e. The van der Waals surface area contributed by atoms with E-state index in [0.29, 0.717) is 6.54 Å². The van der Waals surface area contributed by atoms with E-state index >= 15 is 0 Å². The van der Waals surface area contributed by atoms with Crippen LogP contribution in [0.5, 0.6) is 0 Å². The van der Waals surface area contributed by atoms with E-state index in [1.807, 2.05) is 96.5 Å². The Morgan fingerprint density at radius 2 is 1.09 bits per heavy atom. The van der Waals surface area contributed by atoms with Crippen LogP contribution in [0, 0.1) is 0 Å². The van der Waals surface area contributed by atoms with E-state index in [1.165, 1.54) is 0 Å². The Kier molecular flexibility index (Phi) is 9.90. The first kappa shape index (κ1) is 36.5. The number of likely N-dealkylation sites (tertiary alicyclic amines) is 2. The van der Waals surface area contributed by atoms with E-state index in [2.05, 4.69) is 75.9 Å². The van der Waals surface area contributed by atoms with Gasteiger partial charge in [-0.05, 0) is 104 Å². The molecule has 0 radical (unpaired) electrons. The summed E-state index contributed by atoms with van der Waals surface area (Å²) < 4.78 is 0. The quantitative estimate of drug-likeness (QED) is 0.129. The number of fused-ring (bicyclic) bond motifs is 2. The Hall–Kier alpha value is -6.10. The fraction of sp³-hybridized carbons (Fsp3) is 0.277. The number of rotatable bonds is 10. The van der Waals surface area contributed by atoms with Gasteiger partial charge in [0.15, 0.2) is 0 Å². The summed E-state index contributed by atoms with van der Waals surface area (Å²) in [5.41, 5.74) is 10.1. The molecule has 0 bridgehead atoms. The standard InChI is InChI=1S/C47H48N8O2/c1-48-42(32-12-6-4-7-13-32)46(56)54-26-10-16-40(54)44-49-36-24-22-34(28-38(36)51-44)30-18-20-31(21-19-30)35-23-25-37-39(29-35)52-45(50-37)41-17-11-27-55(41)47(57)43(53(2)3)33-14-8-5-9-15-33/h4-9,12-15,18-25,28-29,40-43,48H,10-11,16-17,26-27H2,1-3H3,(H,49,51)(H,50,52)/t40-,41-,42-,43+/m1/s1. The highest BCUT2D eigenvalue weighted by atomic mass is 16.2. The number of hydrogen-bond acceptors (Lipinski definition) is 6. The summed E-state index contributed by atoms with van der Waals surface area (Å²) in [7, 11) is 5.77. The summed E-state index contributed by atoms with van der Waals surface area (Å²) in [5.74, 6) is 1.86. The van der Waals surface area contributed by atoms with Crippen LogP contribution in [0.3, 0.4) is 0 Å². The Labute approximate surface area is 332 Å². The molecule has 5 aromatic carbocycles. The zero-order valence-electron chi connectivity index (χ0n) is 32.7. The molecular weight excluding hydrogens is 709 g/mol. The number of carbonyl (C=O) groups is 2. The Morgan fingerprint density at radius 3 is 1.56 bits per heavy atom. The number of nitrogens with one attached hydrogen (secondary N) is 3. The van der Waals surface area contributed by atoms with Gasteiger partial charge in [-0.15, -0.1) is 0 Å². The van der Waals surface area contributed by atoms with Crippen molar-refractivity contribution in [1.29, 1.82) is 0 Å². The normalized spacial score (nSPS) is 18.2. The average molecular weight is 757 g/mol. The van der Waals surface area contributed by atoms with Crippen LogP contribution in [0.2, 0.25) is 0 Å². The molecule has 2 amide bonds. The van der Waals surface area contributed by atoms with Gasteiger partial charge >= 0.3 is 0 Å². The lowest BCUT2D eigenvalue weighted by Gasteiger charge is -2.31. The van der Waals surface area contributed by atoms with Crippen molar-refractivity contribution in [3.63, 3.8) is 0 Å². The third-order valence-corrected chi connectivity index (χ3v) is 11.8. The monoisotopic (exact) mass is 756 g/mol. The molecule has 0 saturated carbocycles. The maximum absolute atomic E-state index is 14.0. The van der Waals surface area contributed by atoms with Gasteiger partial charge in [-0.3, -0.25) is 14.5 Å². The molecule has 3 N–H and O–H groups in total. The first-order chi connectivity index (χ1) is 27.9. The van der Waals surface area contributed by atoms with Gasteiger partial charge in [-0.2, -0.15) is 0 Å². The third kappa shape index (κ3) is 7.00. The zero-order valence-corrected chi connectivity index (χ0v) is 32.7. The summed E-state index contributed by atoms with van der Waals surface area (Å²) in [5, 5.41) is 3.23. The maximum Gasteiger partial charge on any atom is 0.245 e. The van der Waals surface area contributed by atoms with Crippen LogP contribution < -0.4 is 5.32 Å². The Balaban J connectivity index is 0.914. The van der Waals surface area contributed by atoms with Gasteiger partial charge < -0.3 is 25.1 Å². The lowest BCUT2D eigenvalue weighted by Crippen LogP contribution is -2.40. The van der Waals surface area contributed by atoms with Gasteiger partial charge in [-0.1, -0.05) is 97.1 Å². The number of benzene rings is 5. The maximum atomic E-state index is 14.0. The molecule has 10 nitrogen and oxygen atoms in total. The van der Waals surface area contributed by atoms with Gasteiger partial charge in [-0.25, -0.2) is 9.97 Å². The minimum Gasteiger partial charge on any atom is -0.340 e. The second kappa shape index (κ2) is 15.4. The summed E-state index contributed by atoms with van der Waals surface area (Å²) in [6, 6.07) is 40.3. The van der Waals surface area contributed by atoms with Crippen molar-refractivity contribution < 1.29 is 9.59 Å². The van der Waals surface area contributed by atoms with Crippen molar-refractivity contribution >= 4 is 33.9 Å². The van der Waals surface area contributed by atoms with Crippen molar-refractivity contribution in [3.8, 4) is 22.3 Å². The van der Waals surface area contributed by atoms with Gasteiger partial charge in [0.1, 0.15) is 23.7 Å². The molecule has 57 heavy (non-hydrogen) atoms. The lowest BCUT2D eigenvalue weighted by molar-refractivity contribution is -0.137. The van der Waals surface area contributed by atoms with Crippen molar-refractivity contribution in [1.82, 2.24) is 40.0 Å². The number of nitrogens with zero attached hydrogens (tertiary/aromatic N) is 5. The van der Waals surface area contributed by atoms with E-state index < -0.39 is 6.04 Å². The molecular formula is C47H48N8O2. The number of carbonyl (C=O) groups excluding carboxylic acids is 2. The van der Waals surface area contributed by atoms with Crippen LogP contribution in [0.1, 0.15) is 72.6 Å². The largest absolute Gasteiger partial charge is 0.340 e. The number of hydrogen-bond donors (Lipinski definition) is 3. The van der Waals surface area contributed by atoms with Crippen LogP contribution in [0.4, 0.5) is 0 Å². The molecule has 4 atom stereocenters. The summed E-state index contributed by atoms with van der Waals surface area (Å²) in [6.07, 6.45) is 3.64. The van der Waals surface area contributed by atoms with Crippen molar-refractivity contribution in [2.45, 2.75) is 49.9 Å². The predicted octanol–water partition coefficient (Wildman–Crippen LogP) is 8.36. The van der Waals surface area contributed by atoms with Crippen molar-refractivity contribution in [2.24, 2.45) is 0 Å². The minimum absolute atomic E-state index is 0.0735. The topological polar surface area (TPSA) is 113 Å². The van der Waals surface area contributed by atoms with Gasteiger partial charge in [0.05, 0.1) is 34.2 Å². The van der Waals surface area contributed by atoms with Crippen LogP contribution in [0.25, 0.3) is 44.3 Å². The van der Waals surface area contributed by atoms with Crippen LogP contribution in [-0.4, -0.2) is 80.7 Å². The van der Waals surface area contributed by atoms with E-state index in [0.717, 1.165) is 99.3 Å². The fourth-order valence-electron chi connectivity index (χ4n) is 8.92. The number of aromatic amines is 2. The SMILES string of the molecule is CN[C@@H](C(=O)N1CCC[C@@H]1c1nc2ccc(-c3ccc(-c4ccc5nc([C@H]6CCCN6C(=O)[C@H](c6ccccc6)N(C)C)[nH]c5c4)cc3)cc2[nH]1)c1ccccc1. The average Bonchev–Trinajstić information content (AvgIpc) is 4.07. The second-order valence-electron chi connectivity index (χ2n) is 15.6. The Bertz CT molecular complexity index is 2530. The van der Waals surface area contributed by atoms with E-state index in [9.17, 15) is 9.59 Å². The molecule has 0 aliphatic carbocycles. The van der Waals surface area contributed by atoms with Gasteiger partial charge in [0, 0.05) is 13.1 Å². The number of likely N-dealkylation sites (N-methyl/N-ethyl adjacent to an activating group) is 2. The molecule has 2 aromatic heterocycles. The molecule has 9 rings (SSSR count). The molecule has 2 aliphatic rings. The lowest BCUT2D eigenvalue weighted by atomic mass is 10.00. The zero-order chi connectivity index (χ0) is 39.0. The second-order valence-corrected chi connectivity index (χ2v) is 15.6. The third-order valence-electron chi connectivity index (χ3n) is 11.8. The van der Waals surface area contributed by atoms with E-state index in [-0.39, 0.29) is 29.9 Å². The summed E-state index contributed by atoms with van der Waals surface area (Å²) in [4.78, 5) is 50.9. The molecule has 10 heteroatoms. The first-order valence-electron chi connectivity index (χ1n) is 20.0. The minimum atomic E-state index is -0.397. The van der Waals surface area contributed by atoms with E-state index in [4.69, 9.17) is 9.97 Å². The molecule has 0 spiro atoms. The number of H-pyrrole nitrogens is 2. The molecule has 0 unspecified atom stereocenters. The predicted molar refractivity (Wildman–Crippen MR) is 225 cm³/mol. The van der Waals surface area contributed by atoms with E-state index in [1.54, 1.807) is 0 Å². The molecule has 2 fully saturated rings. The highest BCUT2D eigenvalue weighted by molar-refractivity contribution is 5.87. The molecule has 4 heterocycles. The Morgan fingerprint density at radius 1 is 0.632 bits per heavy atom. The molecule has 7 aromatic rings. The van der Waals surface area contributed by atoms with Crippen LogP contribution in [0.15, 0.2) is 121 Å². The van der Waals surface area contributed by atoms with Crippen LogP contribution >= 0.6 is 0 Å². The summed E-state index contributed by atoms with van der Waals surface area (Å²) in [6.45, 7) is 1.43. The van der Waals surface area contributed by atoms with Crippen LogP contribution in [-0.2, 0) is 9.59 Å². The number of amides is 2.